The first-order chi connectivity index (χ1) is 14.4. The first-order valence-corrected chi connectivity index (χ1v) is 11.3. The van der Waals surface area contributed by atoms with E-state index >= 15 is 0 Å². The van der Waals surface area contributed by atoms with Crippen molar-refractivity contribution >= 4 is 35.0 Å². The number of carbonyl (C=O) groups excluding carboxylic acids is 2. The van der Waals surface area contributed by atoms with Crippen LogP contribution < -0.4 is 5.32 Å². The van der Waals surface area contributed by atoms with Gasteiger partial charge in [0, 0.05) is 29.1 Å². The first kappa shape index (κ1) is 22.6. The Kier molecular flexibility index (Phi) is 8.17. The summed E-state index contributed by atoms with van der Waals surface area (Å²) in [7, 11) is 0. The minimum atomic E-state index is -0.566. The fraction of sp³-hybridized carbons (Fsp3) is 0.417. The zero-order valence-corrected chi connectivity index (χ0v) is 18.8. The number of aryl methyl sites for hydroxylation is 1. The third-order valence-corrected chi connectivity index (χ3v) is 6.28. The second kappa shape index (κ2) is 10.8. The zero-order chi connectivity index (χ0) is 21.5. The van der Waals surface area contributed by atoms with Gasteiger partial charge in [-0.15, -0.1) is 0 Å². The lowest BCUT2D eigenvalue weighted by molar-refractivity contribution is -0.140. The number of nitrogens with zero attached hydrogens (tertiary/aromatic N) is 1. The highest BCUT2D eigenvalue weighted by atomic mass is 35.5. The monoisotopic (exact) mass is 446 g/mol. The number of carbonyl (C=O) groups is 2. The van der Waals surface area contributed by atoms with Crippen molar-refractivity contribution in [2.45, 2.75) is 64.1 Å². The van der Waals surface area contributed by atoms with Gasteiger partial charge in [-0.25, -0.2) is 0 Å². The molecule has 30 heavy (non-hydrogen) atoms. The van der Waals surface area contributed by atoms with Gasteiger partial charge in [0.05, 0.1) is 0 Å². The lowest BCUT2D eigenvalue weighted by atomic mass is 10.1. The highest BCUT2D eigenvalue weighted by molar-refractivity contribution is 6.31. The molecule has 1 saturated carbocycles. The van der Waals surface area contributed by atoms with Gasteiger partial charge in [-0.05, 0) is 55.5 Å². The van der Waals surface area contributed by atoms with Gasteiger partial charge >= 0.3 is 0 Å². The van der Waals surface area contributed by atoms with Gasteiger partial charge in [-0.3, -0.25) is 9.59 Å². The summed E-state index contributed by atoms with van der Waals surface area (Å²) in [4.78, 5) is 27.7. The maximum absolute atomic E-state index is 13.2. The van der Waals surface area contributed by atoms with E-state index in [1.54, 1.807) is 17.9 Å². The molecule has 160 valence electrons. The van der Waals surface area contributed by atoms with E-state index in [1.807, 2.05) is 42.5 Å². The second-order valence-corrected chi connectivity index (χ2v) is 8.75. The van der Waals surface area contributed by atoms with Crippen molar-refractivity contribution in [2.24, 2.45) is 0 Å². The predicted molar refractivity (Wildman–Crippen MR) is 122 cm³/mol. The highest BCUT2D eigenvalue weighted by Crippen LogP contribution is 2.21. The van der Waals surface area contributed by atoms with Crippen LogP contribution >= 0.6 is 23.2 Å². The van der Waals surface area contributed by atoms with E-state index < -0.39 is 6.04 Å². The molecular weight excluding hydrogens is 419 g/mol. The second-order valence-electron chi connectivity index (χ2n) is 7.91. The molecule has 1 unspecified atom stereocenters. The number of amides is 2. The molecule has 1 aliphatic carbocycles. The molecule has 0 bridgehead atoms. The Labute approximate surface area is 188 Å². The number of nitrogens with one attached hydrogen (secondary N) is 1. The van der Waals surface area contributed by atoms with E-state index in [4.69, 9.17) is 23.2 Å². The van der Waals surface area contributed by atoms with Crippen LogP contribution in [0.3, 0.4) is 0 Å². The Morgan fingerprint density at radius 3 is 2.53 bits per heavy atom. The van der Waals surface area contributed by atoms with Crippen LogP contribution in [0.1, 0.15) is 50.2 Å². The third kappa shape index (κ3) is 6.23. The van der Waals surface area contributed by atoms with Crippen LogP contribution in [0.4, 0.5) is 0 Å². The maximum Gasteiger partial charge on any atom is 0.242 e. The van der Waals surface area contributed by atoms with Crippen LogP contribution in [0.2, 0.25) is 10.0 Å². The van der Waals surface area contributed by atoms with E-state index in [2.05, 4.69) is 5.32 Å². The van der Waals surface area contributed by atoms with Crippen LogP contribution in [0.15, 0.2) is 48.5 Å². The van der Waals surface area contributed by atoms with Crippen molar-refractivity contribution in [2.75, 3.05) is 0 Å². The van der Waals surface area contributed by atoms with Crippen molar-refractivity contribution in [3.63, 3.8) is 0 Å². The first-order valence-electron chi connectivity index (χ1n) is 10.5. The van der Waals surface area contributed by atoms with Gasteiger partial charge in [0.1, 0.15) is 6.04 Å². The van der Waals surface area contributed by atoms with Crippen LogP contribution in [-0.2, 0) is 22.6 Å². The molecule has 3 rings (SSSR count). The summed E-state index contributed by atoms with van der Waals surface area (Å²) in [5, 5.41) is 4.38. The summed E-state index contributed by atoms with van der Waals surface area (Å²) in [6.45, 7) is 2.13. The topological polar surface area (TPSA) is 49.4 Å². The molecule has 6 heteroatoms. The summed E-state index contributed by atoms with van der Waals surface area (Å²) in [6, 6.07) is 14.6. The average molecular weight is 447 g/mol. The fourth-order valence-corrected chi connectivity index (χ4v) is 4.34. The van der Waals surface area contributed by atoms with Crippen molar-refractivity contribution in [3.8, 4) is 0 Å². The van der Waals surface area contributed by atoms with Gasteiger partial charge < -0.3 is 10.2 Å². The maximum atomic E-state index is 13.2. The minimum Gasteiger partial charge on any atom is -0.352 e. The molecule has 0 spiro atoms. The highest BCUT2D eigenvalue weighted by Gasteiger charge is 2.28. The van der Waals surface area contributed by atoms with Crippen LogP contribution in [0, 0.1) is 0 Å². The molecule has 0 radical (unpaired) electrons. The molecule has 1 N–H and O–H groups in total. The summed E-state index contributed by atoms with van der Waals surface area (Å²) in [5.74, 6) is -0.181. The summed E-state index contributed by atoms with van der Waals surface area (Å²) in [5.41, 5.74) is 1.83. The molecule has 4 nitrogen and oxygen atoms in total. The predicted octanol–water partition coefficient (Wildman–Crippen LogP) is 5.40. The molecule has 1 fully saturated rings. The fourth-order valence-electron chi connectivity index (χ4n) is 3.89. The smallest absolute Gasteiger partial charge is 0.242 e. The molecule has 2 aromatic rings. The summed E-state index contributed by atoms with van der Waals surface area (Å²) >= 11 is 12.4. The Morgan fingerprint density at radius 2 is 1.83 bits per heavy atom. The molecule has 1 atom stereocenters. The van der Waals surface area contributed by atoms with Crippen LogP contribution in [0.25, 0.3) is 0 Å². The summed E-state index contributed by atoms with van der Waals surface area (Å²) in [6.07, 6.45) is 5.11. The Bertz CT molecular complexity index is 881. The number of hydrogen-bond acceptors (Lipinski definition) is 2. The van der Waals surface area contributed by atoms with Gasteiger partial charge in [-0.2, -0.15) is 0 Å². The molecule has 0 heterocycles. The lowest BCUT2D eigenvalue weighted by Gasteiger charge is -2.30. The van der Waals surface area contributed by atoms with Crippen molar-refractivity contribution in [1.82, 2.24) is 10.2 Å². The van der Waals surface area contributed by atoms with Gasteiger partial charge in [0.2, 0.25) is 11.8 Å². The standard InChI is InChI=1S/C24H28Cl2N2O2/c1-17(24(30)27-21-10-3-4-11-21)28(16-18-7-6-9-20(25)15-18)23(29)14-13-19-8-2-5-12-22(19)26/h2,5-9,12,15,17,21H,3-4,10-11,13-14,16H2,1H3,(H,27,30). The van der Waals surface area contributed by atoms with E-state index in [0.717, 1.165) is 36.8 Å². The SMILES string of the molecule is CC(C(=O)NC1CCCC1)N(Cc1cccc(Cl)c1)C(=O)CCc1ccccc1Cl. The minimum absolute atomic E-state index is 0.0797. The lowest BCUT2D eigenvalue weighted by Crippen LogP contribution is -2.49. The van der Waals surface area contributed by atoms with E-state index in [9.17, 15) is 9.59 Å². The molecule has 0 aliphatic heterocycles. The third-order valence-electron chi connectivity index (χ3n) is 5.68. The van der Waals surface area contributed by atoms with Crippen molar-refractivity contribution < 1.29 is 9.59 Å². The van der Waals surface area contributed by atoms with Crippen molar-refractivity contribution in [1.29, 1.82) is 0 Å². The van der Waals surface area contributed by atoms with Crippen LogP contribution in [-0.4, -0.2) is 28.8 Å². The largest absolute Gasteiger partial charge is 0.352 e. The van der Waals surface area contributed by atoms with Gasteiger partial charge in [-0.1, -0.05) is 66.4 Å². The normalized spacial score (nSPS) is 15.0. The Balaban J connectivity index is 1.72. The average Bonchev–Trinajstić information content (AvgIpc) is 3.24. The number of halogens is 2. The van der Waals surface area contributed by atoms with Crippen LogP contribution in [0.5, 0.6) is 0 Å². The molecule has 0 aromatic heterocycles. The zero-order valence-electron chi connectivity index (χ0n) is 17.2. The molecular formula is C24H28Cl2N2O2. The molecule has 0 saturated heterocycles. The molecule has 2 aromatic carbocycles. The Hall–Kier alpha value is -2.04. The van der Waals surface area contributed by atoms with E-state index in [1.165, 1.54) is 0 Å². The van der Waals surface area contributed by atoms with E-state index in [0.29, 0.717) is 23.0 Å². The molecule has 1 aliphatic rings. The van der Waals surface area contributed by atoms with E-state index in [-0.39, 0.29) is 24.3 Å². The van der Waals surface area contributed by atoms with Crippen molar-refractivity contribution in [3.05, 3.63) is 69.7 Å². The molecule has 2 amide bonds. The van der Waals surface area contributed by atoms with Gasteiger partial charge in [0.25, 0.3) is 0 Å². The number of hydrogen-bond donors (Lipinski definition) is 1. The van der Waals surface area contributed by atoms with Gasteiger partial charge in [0.15, 0.2) is 0 Å². The number of benzene rings is 2. The Morgan fingerprint density at radius 1 is 1.10 bits per heavy atom. The number of rotatable bonds is 8. The quantitative estimate of drug-likeness (QED) is 0.589. The summed E-state index contributed by atoms with van der Waals surface area (Å²) < 4.78 is 0.